The standard InChI is InChI=1S/C16H17NOS/c1-19-15-9-7-14(8-10-15)16(18)17-12-11-13-5-3-2-4-6-13/h2-10H,11-12H2,1H3,(H,17,18). The molecule has 0 bridgehead atoms. The lowest BCUT2D eigenvalue weighted by Crippen LogP contribution is -2.25. The van der Waals surface area contributed by atoms with Crippen LogP contribution in [0.15, 0.2) is 59.5 Å². The van der Waals surface area contributed by atoms with E-state index in [0.29, 0.717) is 12.1 Å². The van der Waals surface area contributed by atoms with E-state index >= 15 is 0 Å². The van der Waals surface area contributed by atoms with E-state index in [9.17, 15) is 4.79 Å². The van der Waals surface area contributed by atoms with Gasteiger partial charge in [-0.15, -0.1) is 11.8 Å². The first-order chi connectivity index (χ1) is 9.29. The predicted molar refractivity (Wildman–Crippen MR) is 80.7 cm³/mol. The Balaban J connectivity index is 1.84. The SMILES string of the molecule is CSc1ccc(C(=O)NCCc2ccccc2)cc1. The summed E-state index contributed by atoms with van der Waals surface area (Å²) >= 11 is 1.67. The van der Waals surface area contributed by atoms with Crippen molar-refractivity contribution in [3.63, 3.8) is 0 Å². The molecular formula is C16H17NOS. The second-order valence-corrected chi connectivity index (χ2v) is 5.10. The first kappa shape index (κ1) is 13.7. The summed E-state index contributed by atoms with van der Waals surface area (Å²) in [6.45, 7) is 0.660. The van der Waals surface area contributed by atoms with Crippen LogP contribution in [0.5, 0.6) is 0 Å². The Morgan fingerprint density at radius 2 is 1.74 bits per heavy atom. The fraction of sp³-hybridized carbons (Fsp3) is 0.188. The Morgan fingerprint density at radius 1 is 1.05 bits per heavy atom. The highest BCUT2D eigenvalue weighted by Gasteiger charge is 2.04. The van der Waals surface area contributed by atoms with E-state index in [2.05, 4.69) is 17.4 Å². The van der Waals surface area contributed by atoms with E-state index in [1.807, 2.05) is 48.7 Å². The molecular weight excluding hydrogens is 254 g/mol. The quantitative estimate of drug-likeness (QED) is 0.845. The van der Waals surface area contributed by atoms with E-state index in [4.69, 9.17) is 0 Å². The molecule has 0 aromatic heterocycles. The van der Waals surface area contributed by atoms with Crippen molar-refractivity contribution in [2.45, 2.75) is 11.3 Å². The van der Waals surface area contributed by atoms with E-state index in [1.165, 1.54) is 10.5 Å². The molecule has 0 fully saturated rings. The summed E-state index contributed by atoms with van der Waals surface area (Å²) in [6, 6.07) is 17.8. The lowest BCUT2D eigenvalue weighted by atomic mass is 10.1. The van der Waals surface area contributed by atoms with Gasteiger partial charge in [-0.1, -0.05) is 30.3 Å². The molecule has 0 unspecified atom stereocenters. The van der Waals surface area contributed by atoms with Crippen LogP contribution in [-0.2, 0) is 6.42 Å². The van der Waals surface area contributed by atoms with E-state index in [-0.39, 0.29) is 5.91 Å². The minimum Gasteiger partial charge on any atom is -0.352 e. The molecule has 0 atom stereocenters. The number of nitrogens with one attached hydrogen (secondary N) is 1. The van der Waals surface area contributed by atoms with Crippen molar-refractivity contribution < 1.29 is 4.79 Å². The summed E-state index contributed by atoms with van der Waals surface area (Å²) in [5.74, 6) is -0.0106. The normalized spacial score (nSPS) is 10.2. The summed E-state index contributed by atoms with van der Waals surface area (Å²) in [6.07, 6.45) is 2.88. The lowest BCUT2D eigenvalue weighted by Gasteiger charge is -2.06. The molecule has 0 saturated carbocycles. The smallest absolute Gasteiger partial charge is 0.251 e. The Kier molecular flexibility index (Phi) is 5.04. The van der Waals surface area contributed by atoms with E-state index in [1.54, 1.807) is 11.8 Å². The van der Waals surface area contributed by atoms with Gasteiger partial charge in [0.05, 0.1) is 0 Å². The first-order valence-corrected chi connectivity index (χ1v) is 7.48. The fourth-order valence-corrected chi connectivity index (χ4v) is 2.22. The van der Waals surface area contributed by atoms with Crippen molar-refractivity contribution in [2.75, 3.05) is 12.8 Å². The predicted octanol–water partition coefficient (Wildman–Crippen LogP) is 3.38. The topological polar surface area (TPSA) is 29.1 Å². The first-order valence-electron chi connectivity index (χ1n) is 6.26. The molecule has 0 spiro atoms. The Labute approximate surface area is 118 Å². The molecule has 19 heavy (non-hydrogen) atoms. The summed E-state index contributed by atoms with van der Waals surface area (Å²) in [7, 11) is 0. The van der Waals surface area contributed by atoms with Crippen LogP contribution in [0.2, 0.25) is 0 Å². The highest BCUT2D eigenvalue weighted by Crippen LogP contribution is 2.14. The molecule has 0 radical (unpaired) electrons. The molecule has 2 aromatic rings. The summed E-state index contributed by atoms with van der Waals surface area (Å²) in [4.78, 5) is 13.1. The number of amides is 1. The second kappa shape index (κ2) is 7.00. The van der Waals surface area contributed by atoms with Crippen LogP contribution in [0.4, 0.5) is 0 Å². The average Bonchev–Trinajstić information content (AvgIpc) is 2.48. The van der Waals surface area contributed by atoms with Crippen molar-refractivity contribution in [2.24, 2.45) is 0 Å². The number of benzene rings is 2. The van der Waals surface area contributed by atoms with Crippen LogP contribution in [0.3, 0.4) is 0 Å². The van der Waals surface area contributed by atoms with Crippen LogP contribution in [-0.4, -0.2) is 18.7 Å². The third-order valence-electron chi connectivity index (χ3n) is 2.89. The second-order valence-electron chi connectivity index (χ2n) is 4.22. The number of hydrogen-bond donors (Lipinski definition) is 1. The molecule has 2 rings (SSSR count). The summed E-state index contributed by atoms with van der Waals surface area (Å²) < 4.78 is 0. The van der Waals surface area contributed by atoms with Crippen LogP contribution in [0, 0.1) is 0 Å². The zero-order valence-electron chi connectivity index (χ0n) is 10.9. The van der Waals surface area contributed by atoms with Gasteiger partial charge in [-0.3, -0.25) is 4.79 Å². The van der Waals surface area contributed by atoms with Crippen LogP contribution >= 0.6 is 11.8 Å². The van der Waals surface area contributed by atoms with Gasteiger partial charge in [0, 0.05) is 17.0 Å². The van der Waals surface area contributed by atoms with Gasteiger partial charge < -0.3 is 5.32 Å². The molecule has 0 saturated heterocycles. The van der Waals surface area contributed by atoms with Crippen molar-refractivity contribution in [1.29, 1.82) is 0 Å². The van der Waals surface area contributed by atoms with Crippen LogP contribution < -0.4 is 5.32 Å². The maximum atomic E-state index is 11.9. The van der Waals surface area contributed by atoms with Crippen molar-refractivity contribution in [3.8, 4) is 0 Å². The van der Waals surface area contributed by atoms with Gasteiger partial charge in [0.15, 0.2) is 0 Å². The van der Waals surface area contributed by atoms with Gasteiger partial charge in [0.1, 0.15) is 0 Å². The Bertz CT molecular complexity index is 522. The molecule has 1 amide bonds. The van der Waals surface area contributed by atoms with Crippen molar-refractivity contribution >= 4 is 17.7 Å². The summed E-state index contributed by atoms with van der Waals surface area (Å²) in [5.41, 5.74) is 1.95. The Morgan fingerprint density at radius 3 is 2.37 bits per heavy atom. The fourth-order valence-electron chi connectivity index (χ4n) is 1.81. The lowest BCUT2D eigenvalue weighted by molar-refractivity contribution is 0.0954. The van der Waals surface area contributed by atoms with Crippen LogP contribution in [0.25, 0.3) is 0 Å². The monoisotopic (exact) mass is 271 g/mol. The van der Waals surface area contributed by atoms with Gasteiger partial charge in [0.2, 0.25) is 0 Å². The zero-order chi connectivity index (χ0) is 13.5. The molecule has 3 heteroatoms. The van der Waals surface area contributed by atoms with Gasteiger partial charge in [-0.2, -0.15) is 0 Å². The number of carbonyl (C=O) groups excluding carboxylic acids is 1. The molecule has 0 aliphatic rings. The summed E-state index contributed by atoms with van der Waals surface area (Å²) in [5, 5.41) is 2.94. The van der Waals surface area contributed by atoms with Gasteiger partial charge >= 0.3 is 0 Å². The number of rotatable bonds is 5. The highest BCUT2D eigenvalue weighted by molar-refractivity contribution is 7.98. The van der Waals surface area contributed by atoms with Gasteiger partial charge in [-0.25, -0.2) is 0 Å². The molecule has 98 valence electrons. The molecule has 2 nitrogen and oxygen atoms in total. The van der Waals surface area contributed by atoms with E-state index < -0.39 is 0 Å². The molecule has 2 aromatic carbocycles. The minimum atomic E-state index is -0.0106. The Hall–Kier alpha value is -1.74. The minimum absolute atomic E-state index is 0.0106. The molecule has 0 heterocycles. The maximum Gasteiger partial charge on any atom is 0.251 e. The van der Waals surface area contributed by atoms with Crippen molar-refractivity contribution in [1.82, 2.24) is 5.32 Å². The van der Waals surface area contributed by atoms with Gasteiger partial charge in [-0.05, 0) is 42.5 Å². The van der Waals surface area contributed by atoms with Crippen molar-refractivity contribution in [3.05, 3.63) is 65.7 Å². The number of carbonyl (C=O) groups is 1. The average molecular weight is 271 g/mol. The maximum absolute atomic E-state index is 11.9. The molecule has 0 aliphatic heterocycles. The number of thioether (sulfide) groups is 1. The number of hydrogen-bond acceptors (Lipinski definition) is 2. The van der Waals surface area contributed by atoms with Crippen LogP contribution in [0.1, 0.15) is 15.9 Å². The molecule has 0 aliphatic carbocycles. The third kappa shape index (κ3) is 4.14. The largest absolute Gasteiger partial charge is 0.352 e. The zero-order valence-corrected chi connectivity index (χ0v) is 11.7. The van der Waals surface area contributed by atoms with E-state index in [0.717, 1.165) is 6.42 Å². The molecule has 1 N–H and O–H groups in total. The third-order valence-corrected chi connectivity index (χ3v) is 3.64. The van der Waals surface area contributed by atoms with Gasteiger partial charge in [0.25, 0.3) is 5.91 Å². The highest BCUT2D eigenvalue weighted by atomic mass is 32.2.